The van der Waals surface area contributed by atoms with Gasteiger partial charge in [-0.05, 0) is 31.5 Å². The molecule has 98 valence electrons. The highest BCUT2D eigenvalue weighted by Gasteiger charge is 2.06. The summed E-state index contributed by atoms with van der Waals surface area (Å²) in [5, 5.41) is 0.390. The number of hydrogen-bond acceptors (Lipinski definition) is 4. The van der Waals surface area contributed by atoms with Crippen molar-refractivity contribution < 1.29 is 19.1 Å². The van der Waals surface area contributed by atoms with Gasteiger partial charge in [0.25, 0.3) is 0 Å². The molecule has 0 amide bonds. The number of esters is 1. The molecule has 0 saturated heterocycles. The van der Waals surface area contributed by atoms with Crippen molar-refractivity contribution in [3.05, 3.63) is 28.8 Å². The van der Waals surface area contributed by atoms with E-state index in [-0.39, 0.29) is 11.8 Å². The van der Waals surface area contributed by atoms with E-state index in [9.17, 15) is 9.59 Å². The second-order valence-corrected chi connectivity index (χ2v) is 4.14. The van der Waals surface area contributed by atoms with E-state index in [1.54, 1.807) is 18.2 Å². The first-order valence-corrected chi connectivity index (χ1v) is 5.92. The zero-order valence-corrected chi connectivity index (χ0v) is 11.1. The topological polar surface area (TPSA) is 52.6 Å². The van der Waals surface area contributed by atoms with Gasteiger partial charge in [-0.1, -0.05) is 11.6 Å². The highest BCUT2D eigenvalue weighted by molar-refractivity contribution is 6.32. The molecule has 1 aromatic carbocycles. The van der Waals surface area contributed by atoms with Gasteiger partial charge >= 0.3 is 5.97 Å². The first kappa shape index (κ1) is 14.5. The number of Topliss-reactive ketones (excluding diaryl/α,β-unsaturated/α-hetero) is 1. The van der Waals surface area contributed by atoms with Gasteiger partial charge < -0.3 is 9.47 Å². The van der Waals surface area contributed by atoms with Gasteiger partial charge in [-0.2, -0.15) is 0 Å². The predicted molar refractivity (Wildman–Crippen MR) is 68.2 cm³/mol. The summed E-state index contributed by atoms with van der Waals surface area (Å²) in [6, 6.07) is 4.88. The van der Waals surface area contributed by atoms with Gasteiger partial charge in [0.2, 0.25) is 0 Å². The van der Waals surface area contributed by atoms with E-state index in [1.165, 1.54) is 14.0 Å². The van der Waals surface area contributed by atoms with Crippen molar-refractivity contribution in [1.82, 2.24) is 0 Å². The van der Waals surface area contributed by atoms with Crippen molar-refractivity contribution in [3.8, 4) is 5.75 Å². The largest absolute Gasteiger partial charge is 0.492 e. The maximum Gasteiger partial charge on any atom is 0.305 e. The molecule has 0 aromatic heterocycles. The van der Waals surface area contributed by atoms with Gasteiger partial charge in [0.1, 0.15) is 5.75 Å². The molecule has 0 aliphatic heterocycles. The van der Waals surface area contributed by atoms with Crippen LogP contribution in [-0.2, 0) is 9.53 Å². The van der Waals surface area contributed by atoms with Gasteiger partial charge in [0, 0.05) is 12.0 Å². The third kappa shape index (κ3) is 4.37. The van der Waals surface area contributed by atoms with Crippen LogP contribution in [0.5, 0.6) is 5.75 Å². The van der Waals surface area contributed by atoms with Crippen LogP contribution in [0, 0.1) is 0 Å². The number of halogens is 1. The average molecular weight is 271 g/mol. The third-order valence-electron chi connectivity index (χ3n) is 2.35. The summed E-state index contributed by atoms with van der Waals surface area (Å²) in [4.78, 5) is 22.0. The normalized spacial score (nSPS) is 9.94. The summed E-state index contributed by atoms with van der Waals surface area (Å²) >= 11 is 5.97. The number of ketones is 1. The Kier molecular flexibility index (Phi) is 5.65. The Hall–Kier alpha value is -1.55. The summed E-state index contributed by atoms with van der Waals surface area (Å²) in [7, 11) is 1.35. The molecule has 0 unspecified atom stereocenters. The fourth-order valence-electron chi connectivity index (χ4n) is 1.34. The standard InChI is InChI=1S/C13H15ClO4/c1-9(15)10-5-6-12(11(14)8-10)18-7-3-4-13(16)17-2/h5-6,8H,3-4,7H2,1-2H3. The Morgan fingerprint density at radius 3 is 2.61 bits per heavy atom. The molecule has 1 rings (SSSR count). The fraction of sp³-hybridized carbons (Fsp3) is 0.385. The maximum absolute atomic E-state index is 11.1. The van der Waals surface area contributed by atoms with E-state index in [0.717, 1.165) is 0 Å². The van der Waals surface area contributed by atoms with Crippen LogP contribution >= 0.6 is 11.6 Å². The number of rotatable bonds is 6. The second kappa shape index (κ2) is 7.01. The SMILES string of the molecule is COC(=O)CCCOc1ccc(C(C)=O)cc1Cl. The van der Waals surface area contributed by atoms with E-state index >= 15 is 0 Å². The number of carbonyl (C=O) groups is 2. The zero-order chi connectivity index (χ0) is 13.5. The third-order valence-corrected chi connectivity index (χ3v) is 2.64. The van der Waals surface area contributed by atoms with Gasteiger partial charge in [-0.25, -0.2) is 0 Å². The molecule has 18 heavy (non-hydrogen) atoms. The van der Waals surface area contributed by atoms with Crippen LogP contribution in [0.25, 0.3) is 0 Å². The molecule has 0 heterocycles. The van der Waals surface area contributed by atoms with E-state index in [2.05, 4.69) is 4.74 Å². The Balaban J connectivity index is 2.48. The lowest BCUT2D eigenvalue weighted by atomic mass is 10.1. The lowest BCUT2D eigenvalue weighted by molar-refractivity contribution is -0.140. The Bertz CT molecular complexity index is 443. The number of hydrogen-bond donors (Lipinski definition) is 0. The number of methoxy groups -OCH3 is 1. The minimum Gasteiger partial charge on any atom is -0.492 e. The molecule has 0 atom stereocenters. The Morgan fingerprint density at radius 1 is 1.33 bits per heavy atom. The van der Waals surface area contributed by atoms with Gasteiger partial charge in [0.05, 0.1) is 18.7 Å². The first-order chi connectivity index (χ1) is 8.54. The molecule has 4 nitrogen and oxygen atoms in total. The molecule has 0 bridgehead atoms. The molecule has 0 N–H and O–H groups in total. The average Bonchev–Trinajstić information content (AvgIpc) is 2.35. The zero-order valence-electron chi connectivity index (χ0n) is 10.4. The monoisotopic (exact) mass is 270 g/mol. The van der Waals surface area contributed by atoms with Crippen LogP contribution in [0.4, 0.5) is 0 Å². The number of ether oxygens (including phenoxy) is 2. The summed E-state index contributed by atoms with van der Waals surface area (Å²) < 4.78 is 9.93. The molecular formula is C13H15ClO4. The first-order valence-electron chi connectivity index (χ1n) is 5.54. The molecule has 0 aliphatic rings. The molecule has 0 radical (unpaired) electrons. The van der Waals surface area contributed by atoms with Gasteiger partial charge in [-0.3, -0.25) is 9.59 Å². The van der Waals surface area contributed by atoms with Crippen LogP contribution in [-0.4, -0.2) is 25.5 Å². The maximum atomic E-state index is 11.1. The van der Waals surface area contributed by atoms with Crippen LogP contribution in [0.1, 0.15) is 30.1 Å². The summed E-state index contributed by atoms with van der Waals surface area (Å²) in [5.41, 5.74) is 0.543. The molecule has 1 aromatic rings. The predicted octanol–water partition coefficient (Wildman–Crippen LogP) is 2.87. The van der Waals surface area contributed by atoms with Crippen molar-refractivity contribution >= 4 is 23.4 Å². The quantitative estimate of drug-likeness (QED) is 0.453. The lowest BCUT2D eigenvalue weighted by Gasteiger charge is -2.08. The van der Waals surface area contributed by atoms with Gasteiger partial charge in [-0.15, -0.1) is 0 Å². The van der Waals surface area contributed by atoms with E-state index < -0.39 is 0 Å². The minimum absolute atomic E-state index is 0.0471. The van der Waals surface area contributed by atoms with Gasteiger partial charge in [0.15, 0.2) is 5.78 Å². The molecular weight excluding hydrogens is 256 g/mol. The number of carbonyl (C=O) groups excluding carboxylic acids is 2. The smallest absolute Gasteiger partial charge is 0.305 e. The molecule has 5 heteroatoms. The molecule has 0 fully saturated rings. The fourth-order valence-corrected chi connectivity index (χ4v) is 1.57. The molecule has 0 spiro atoms. The van der Waals surface area contributed by atoms with Crippen molar-refractivity contribution in [2.75, 3.05) is 13.7 Å². The highest BCUT2D eigenvalue weighted by Crippen LogP contribution is 2.25. The summed E-state index contributed by atoms with van der Waals surface area (Å²) in [5.74, 6) is 0.192. The van der Waals surface area contributed by atoms with E-state index in [0.29, 0.717) is 35.8 Å². The summed E-state index contributed by atoms with van der Waals surface area (Å²) in [6.07, 6.45) is 0.858. The van der Waals surface area contributed by atoms with Crippen molar-refractivity contribution in [1.29, 1.82) is 0 Å². The van der Waals surface area contributed by atoms with Crippen molar-refractivity contribution in [3.63, 3.8) is 0 Å². The molecule has 0 aliphatic carbocycles. The van der Waals surface area contributed by atoms with Crippen LogP contribution < -0.4 is 4.74 Å². The molecule has 0 saturated carbocycles. The van der Waals surface area contributed by atoms with Crippen LogP contribution in [0.3, 0.4) is 0 Å². The highest BCUT2D eigenvalue weighted by atomic mass is 35.5. The van der Waals surface area contributed by atoms with Crippen LogP contribution in [0.2, 0.25) is 5.02 Å². The summed E-state index contributed by atoms with van der Waals surface area (Å²) in [6.45, 7) is 1.84. The number of benzene rings is 1. The van der Waals surface area contributed by atoms with E-state index in [1.807, 2.05) is 0 Å². The van der Waals surface area contributed by atoms with Crippen molar-refractivity contribution in [2.45, 2.75) is 19.8 Å². The lowest BCUT2D eigenvalue weighted by Crippen LogP contribution is -2.05. The van der Waals surface area contributed by atoms with Crippen LogP contribution in [0.15, 0.2) is 18.2 Å². The minimum atomic E-state index is -0.267. The van der Waals surface area contributed by atoms with E-state index in [4.69, 9.17) is 16.3 Å². The van der Waals surface area contributed by atoms with Crippen molar-refractivity contribution in [2.24, 2.45) is 0 Å². The Morgan fingerprint density at radius 2 is 2.06 bits per heavy atom. The Labute approximate surface area is 111 Å². The second-order valence-electron chi connectivity index (χ2n) is 3.73.